The van der Waals surface area contributed by atoms with E-state index in [0.29, 0.717) is 22.7 Å². The number of carbonyl (C=O) groups excluding carboxylic acids is 1. The SMILES string of the molecule is O=C1Nc2cc(CCCO)ccc2Nc2cc(Cl)ccc21. The lowest BCUT2D eigenvalue weighted by molar-refractivity contribution is 0.102. The fourth-order valence-corrected chi connectivity index (χ4v) is 2.57. The van der Waals surface area contributed by atoms with Crippen molar-refractivity contribution in [1.29, 1.82) is 0 Å². The van der Waals surface area contributed by atoms with Crippen molar-refractivity contribution in [2.75, 3.05) is 17.2 Å². The highest BCUT2D eigenvalue weighted by Gasteiger charge is 2.19. The van der Waals surface area contributed by atoms with Crippen LogP contribution >= 0.6 is 11.6 Å². The standard InChI is InChI=1S/C16H15ClN2O2/c17-11-4-5-12-14(9-11)18-13-6-3-10(2-1-7-20)8-15(13)19-16(12)21/h3-6,8-9,18,20H,1-2,7H2,(H,19,21). The first kappa shape index (κ1) is 13.9. The first-order valence-electron chi connectivity index (χ1n) is 6.79. The average molecular weight is 303 g/mol. The highest BCUT2D eigenvalue weighted by atomic mass is 35.5. The van der Waals surface area contributed by atoms with Crippen molar-refractivity contribution in [3.63, 3.8) is 0 Å². The molecule has 0 atom stereocenters. The zero-order chi connectivity index (χ0) is 14.8. The summed E-state index contributed by atoms with van der Waals surface area (Å²) in [5.41, 5.74) is 3.91. The van der Waals surface area contributed by atoms with Gasteiger partial charge in [-0.05, 0) is 48.7 Å². The van der Waals surface area contributed by atoms with Gasteiger partial charge in [-0.25, -0.2) is 0 Å². The molecule has 4 nitrogen and oxygen atoms in total. The molecule has 21 heavy (non-hydrogen) atoms. The second-order valence-corrected chi connectivity index (χ2v) is 5.41. The molecule has 0 saturated heterocycles. The molecular weight excluding hydrogens is 288 g/mol. The molecule has 0 bridgehead atoms. The zero-order valence-corrected chi connectivity index (χ0v) is 12.1. The summed E-state index contributed by atoms with van der Waals surface area (Å²) in [6.45, 7) is 0.158. The number of rotatable bonds is 3. The van der Waals surface area contributed by atoms with Crippen molar-refractivity contribution in [3.8, 4) is 0 Å². The molecule has 0 saturated carbocycles. The van der Waals surface area contributed by atoms with Crippen LogP contribution in [0.25, 0.3) is 0 Å². The second kappa shape index (κ2) is 5.76. The number of aryl methyl sites for hydroxylation is 1. The number of amides is 1. The van der Waals surface area contributed by atoms with Crippen LogP contribution in [-0.2, 0) is 6.42 Å². The first-order valence-corrected chi connectivity index (χ1v) is 7.17. The monoisotopic (exact) mass is 302 g/mol. The van der Waals surface area contributed by atoms with Crippen LogP contribution in [0.5, 0.6) is 0 Å². The molecule has 3 N–H and O–H groups in total. The molecule has 1 heterocycles. The fraction of sp³-hybridized carbons (Fsp3) is 0.188. The summed E-state index contributed by atoms with van der Waals surface area (Å²) >= 11 is 5.99. The first-order chi connectivity index (χ1) is 10.2. The van der Waals surface area contributed by atoms with Gasteiger partial charge in [0.2, 0.25) is 0 Å². The minimum atomic E-state index is -0.160. The number of aliphatic hydroxyl groups excluding tert-OH is 1. The van der Waals surface area contributed by atoms with E-state index in [2.05, 4.69) is 10.6 Å². The Morgan fingerprint density at radius 3 is 2.67 bits per heavy atom. The number of aliphatic hydroxyl groups is 1. The Kier molecular flexibility index (Phi) is 3.82. The Bertz CT molecular complexity index is 701. The summed E-state index contributed by atoms with van der Waals surface area (Å²) in [7, 11) is 0. The average Bonchev–Trinajstić information content (AvgIpc) is 2.60. The fourth-order valence-electron chi connectivity index (χ4n) is 2.40. The van der Waals surface area contributed by atoms with Gasteiger partial charge >= 0.3 is 0 Å². The van der Waals surface area contributed by atoms with Crippen LogP contribution in [0.4, 0.5) is 17.1 Å². The summed E-state index contributed by atoms with van der Waals surface area (Å²) in [5, 5.41) is 15.6. The molecule has 3 rings (SSSR count). The zero-order valence-electron chi connectivity index (χ0n) is 11.3. The quantitative estimate of drug-likeness (QED) is 0.812. The predicted octanol–water partition coefficient (Wildman–Crippen LogP) is 3.57. The smallest absolute Gasteiger partial charge is 0.257 e. The van der Waals surface area contributed by atoms with E-state index in [0.717, 1.165) is 23.4 Å². The van der Waals surface area contributed by atoms with Crippen molar-refractivity contribution >= 4 is 34.6 Å². The minimum Gasteiger partial charge on any atom is -0.396 e. The third-order valence-electron chi connectivity index (χ3n) is 3.45. The van der Waals surface area contributed by atoms with E-state index >= 15 is 0 Å². The minimum absolute atomic E-state index is 0.158. The molecule has 108 valence electrons. The molecule has 0 aromatic heterocycles. The molecule has 0 aliphatic carbocycles. The normalized spacial score (nSPS) is 12.8. The van der Waals surface area contributed by atoms with Crippen molar-refractivity contribution in [2.45, 2.75) is 12.8 Å². The molecule has 0 radical (unpaired) electrons. The van der Waals surface area contributed by atoms with Gasteiger partial charge < -0.3 is 15.7 Å². The second-order valence-electron chi connectivity index (χ2n) is 4.98. The van der Waals surface area contributed by atoms with E-state index in [1.54, 1.807) is 18.2 Å². The van der Waals surface area contributed by atoms with E-state index in [1.165, 1.54) is 0 Å². The van der Waals surface area contributed by atoms with Gasteiger partial charge in [-0.3, -0.25) is 4.79 Å². The van der Waals surface area contributed by atoms with Gasteiger partial charge in [0.25, 0.3) is 5.91 Å². The lowest BCUT2D eigenvalue weighted by Crippen LogP contribution is -2.10. The van der Waals surface area contributed by atoms with Gasteiger partial charge in [0.1, 0.15) is 0 Å². The van der Waals surface area contributed by atoms with Crippen LogP contribution in [0, 0.1) is 0 Å². The Morgan fingerprint density at radius 1 is 1.00 bits per heavy atom. The number of carbonyl (C=O) groups is 1. The summed E-state index contributed by atoms with van der Waals surface area (Å²) in [6.07, 6.45) is 1.48. The lowest BCUT2D eigenvalue weighted by Gasteiger charge is -2.10. The van der Waals surface area contributed by atoms with Gasteiger partial charge in [0.05, 0.1) is 22.6 Å². The molecule has 2 aromatic carbocycles. The largest absolute Gasteiger partial charge is 0.396 e. The van der Waals surface area contributed by atoms with Crippen molar-refractivity contribution in [2.24, 2.45) is 0 Å². The van der Waals surface area contributed by atoms with Gasteiger partial charge in [0, 0.05) is 11.6 Å². The van der Waals surface area contributed by atoms with Crippen LogP contribution in [0.15, 0.2) is 36.4 Å². The van der Waals surface area contributed by atoms with Crippen molar-refractivity contribution in [3.05, 3.63) is 52.5 Å². The highest BCUT2D eigenvalue weighted by Crippen LogP contribution is 2.34. The molecule has 5 heteroatoms. The topological polar surface area (TPSA) is 61.4 Å². The molecular formula is C16H15ClN2O2. The van der Waals surface area contributed by atoms with E-state index in [9.17, 15) is 4.79 Å². The Morgan fingerprint density at radius 2 is 1.86 bits per heavy atom. The predicted molar refractivity (Wildman–Crippen MR) is 84.5 cm³/mol. The third kappa shape index (κ3) is 2.86. The number of fused-ring (bicyclic) bond motifs is 2. The molecule has 0 spiro atoms. The Hall–Kier alpha value is -2.04. The maximum atomic E-state index is 12.3. The maximum Gasteiger partial charge on any atom is 0.257 e. The van der Waals surface area contributed by atoms with Crippen LogP contribution in [-0.4, -0.2) is 17.6 Å². The molecule has 0 unspecified atom stereocenters. The molecule has 1 amide bonds. The molecule has 1 aliphatic heterocycles. The van der Waals surface area contributed by atoms with Gasteiger partial charge in [0.15, 0.2) is 0 Å². The molecule has 1 aliphatic rings. The van der Waals surface area contributed by atoms with Gasteiger partial charge in [-0.1, -0.05) is 17.7 Å². The van der Waals surface area contributed by atoms with E-state index in [-0.39, 0.29) is 12.5 Å². The molecule has 0 fully saturated rings. The van der Waals surface area contributed by atoms with Crippen LogP contribution in [0.1, 0.15) is 22.3 Å². The number of nitrogens with one attached hydrogen (secondary N) is 2. The van der Waals surface area contributed by atoms with Crippen molar-refractivity contribution < 1.29 is 9.90 Å². The van der Waals surface area contributed by atoms with Crippen LogP contribution in [0.3, 0.4) is 0 Å². The van der Waals surface area contributed by atoms with Crippen LogP contribution < -0.4 is 10.6 Å². The lowest BCUT2D eigenvalue weighted by atomic mass is 10.1. The number of hydrogen-bond acceptors (Lipinski definition) is 3. The van der Waals surface area contributed by atoms with Gasteiger partial charge in [-0.15, -0.1) is 0 Å². The molecule has 2 aromatic rings. The highest BCUT2D eigenvalue weighted by molar-refractivity contribution is 6.31. The summed E-state index contributed by atoms with van der Waals surface area (Å²) < 4.78 is 0. The van der Waals surface area contributed by atoms with E-state index in [1.807, 2.05) is 18.2 Å². The van der Waals surface area contributed by atoms with Gasteiger partial charge in [-0.2, -0.15) is 0 Å². The summed E-state index contributed by atoms with van der Waals surface area (Å²) in [4.78, 5) is 12.3. The summed E-state index contributed by atoms with van der Waals surface area (Å²) in [5.74, 6) is -0.160. The third-order valence-corrected chi connectivity index (χ3v) is 3.69. The Balaban J connectivity index is 1.98. The number of halogens is 1. The maximum absolute atomic E-state index is 12.3. The summed E-state index contributed by atoms with van der Waals surface area (Å²) in [6, 6.07) is 11.0. The van der Waals surface area contributed by atoms with Crippen molar-refractivity contribution in [1.82, 2.24) is 0 Å². The Labute approximate surface area is 127 Å². The van der Waals surface area contributed by atoms with E-state index < -0.39 is 0 Å². The number of anilines is 3. The number of benzene rings is 2. The number of hydrogen-bond donors (Lipinski definition) is 3. The van der Waals surface area contributed by atoms with E-state index in [4.69, 9.17) is 16.7 Å². The van der Waals surface area contributed by atoms with Crippen LogP contribution in [0.2, 0.25) is 5.02 Å².